The third-order valence-corrected chi connectivity index (χ3v) is 2.80. The fourth-order valence-electron chi connectivity index (χ4n) is 1.21. The molecule has 0 amide bonds. The lowest BCUT2D eigenvalue weighted by Crippen LogP contribution is -2.05. The number of nitrogens with two attached hydrogens (primary N) is 1. The Bertz CT molecular complexity index is 575. The molecule has 91 valence electrons. The van der Waals surface area contributed by atoms with E-state index in [-0.39, 0.29) is 5.71 Å². The third-order valence-electron chi connectivity index (χ3n) is 2.12. The van der Waals surface area contributed by atoms with Crippen molar-refractivity contribution in [1.29, 1.82) is 0 Å². The molecule has 1 heterocycles. The van der Waals surface area contributed by atoms with Crippen molar-refractivity contribution in [2.75, 3.05) is 5.73 Å². The summed E-state index contributed by atoms with van der Waals surface area (Å²) in [6, 6.07) is 7.29. The molecule has 18 heavy (non-hydrogen) atoms. The molecule has 0 spiro atoms. The summed E-state index contributed by atoms with van der Waals surface area (Å²) in [7, 11) is 0. The number of aromatic nitrogens is 1. The molecule has 1 radical (unpaired) electrons. The highest BCUT2D eigenvalue weighted by Gasteiger charge is 2.08. The molecule has 1 aromatic heterocycles. The summed E-state index contributed by atoms with van der Waals surface area (Å²) < 4.78 is 0. The van der Waals surface area contributed by atoms with Crippen molar-refractivity contribution in [2.45, 2.75) is 6.92 Å². The van der Waals surface area contributed by atoms with Crippen LogP contribution in [0.5, 0.6) is 5.75 Å². The van der Waals surface area contributed by atoms with Crippen molar-refractivity contribution >= 4 is 28.5 Å². The van der Waals surface area contributed by atoms with Gasteiger partial charge in [0.25, 0.3) is 6.29 Å². The molecule has 0 atom stereocenters. The van der Waals surface area contributed by atoms with E-state index < -0.39 is 0 Å². The van der Waals surface area contributed by atoms with Crippen LogP contribution in [-0.2, 0) is 4.79 Å². The fourth-order valence-corrected chi connectivity index (χ4v) is 1.76. The summed E-state index contributed by atoms with van der Waals surface area (Å²) in [5, 5.41) is 5.69. The van der Waals surface area contributed by atoms with E-state index in [1.807, 2.05) is 19.1 Å². The number of oxime groups is 1. The molecule has 0 saturated carbocycles. The van der Waals surface area contributed by atoms with E-state index in [4.69, 9.17) is 10.6 Å². The van der Waals surface area contributed by atoms with Gasteiger partial charge in [-0.2, -0.15) is 0 Å². The van der Waals surface area contributed by atoms with Crippen molar-refractivity contribution in [3.63, 3.8) is 0 Å². The number of rotatable bonds is 4. The highest BCUT2D eigenvalue weighted by Crippen LogP contribution is 2.14. The standard InChI is InChI=1S/C12H10N3O2S/c1-8-2-4-9(5-3-8)17-15-10(6-16)11-7-18-12(13)14-11/h2-5,7H,1H3,(H2,13,14)/b15-10+. The van der Waals surface area contributed by atoms with E-state index in [1.54, 1.807) is 23.8 Å². The van der Waals surface area contributed by atoms with Crippen LogP contribution in [0.25, 0.3) is 0 Å². The maximum Gasteiger partial charge on any atom is 0.259 e. The van der Waals surface area contributed by atoms with E-state index >= 15 is 0 Å². The summed E-state index contributed by atoms with van der Waals surface area (Å²) in [6.07, 6.45) is 1.68. The Morgan fingerprint density at radius 1 is 1.44 bits per heavy atom. The summed E-state index contributed by atoms with van der Waals surface area (Å²) in [5.74, 6) is 0.538. The highest BCUT2D eigenvalue weighted by atomic mass is 32.1. The molecule has 0 fully saturated rings. The minimum atomic E-state index is -0.0106. The molecule has 0 saturated heterocycles. The van der Waals surface area contributed by atoms with Crippen LogP contribution in [0.1, 0.15) is 11.3 Å². The number of nitrogens with zero attached hydrogens (tertiary/aromatic N) is 2. The molecule has 2 rings (SSSR count). The molecule has 0 aliphatic carbocycles. The van der Waals surface area contributed by atoms with Crippen LogP contribution in [0, 0.1) is 6.92 Å². The Balaban J connectivity index is 2.15. The second-order valence-electron chi connectivity index (χ2n) is 3.52. The monoisotopic (exact) mass is 260 g/mol. The van der Waals surface area contributed by atoms with Gasteiger partial charge >= 0.3 is 0 Å². The summed E-state index contributed by atoms with van der Waals surface area (Å²) in [4.78, 5) is 19.8. The van der Waals surface area contributed by atoms with Gasteiger partial charge < -0.3 is 10.6 Å². The number of hydrogen-bond donors (Lipinski definition) is 1. The molecule has 0 aliphatic heterocycles. The number of hydrogen-bond acceptors (Lipinski definition) is 6. The van der Waals surface area contributed by atoms with E-state index in [0.29, 0.717) is 16.6 Å². The van der Waals surface area contributed by atoms with Crippen LogP contribution in [0.4, 0.5) is 5.13 Å². The van der Waals surface area contributed by atoms with Gasteiger partial charge in [0, 0.05) is 5.38 Å². The average molecular weight is 260 g/mol. The smallest absolute Gasteiger partial charge is 0.259 e. The summed E-state index contributed by atoms with van der Waals surface area (Å²) in [6.45, 7) is 1.97. The van der Waals surface area contributed by atoms with Crippen molar-refractivity contribution in [2.24, 2.45) is 5.16 Å². The van der Waals surface area contributed by atoms with Gasteiger partial charge in [0.05, 0.1) is 0 Å². The molecule has 2 aromatic rings. The molecule has 0 bridgehead atoms. The van der Waals surface area contributed by atoms with Crippen molar-refractivity contribution < 1.29 is 9.63 Å². The largest absolute Gasteiger partial charge is 0.375 e. The summed E-state index contributed by atoms with van der Waals surface area (Å²) in [5.41, 5.74) is 6.94. The number of anilines is 1. The first-order valence-electron chi connectivity index (χ1n) is 5.10. The molecule has 2 N–H and O–H groups in total. The molecule has 6 heteroatoms. The van der Waals surface area contributed by atoms with Gasteiger partial charge in [0.2, 0.25) is 0 Å². The Kier molecular flexibility index (Phi) is 3.69. The highest BCUT2D eigenvalue weighted by molar-refractivity contribution is 7.13. The lowest BCUT2D eigenvalue weighted by Gasteiger charge is -1.99. The van der Waals surface area contributed by atoms with Gasteiger partial charge in [-0.1, -0.05) is 22.9 Å². The fraction of sp³-hybridized carbons (Fsp3) is 0.0833. The topological polar surface area (TPSA) is 77.6 Å². The molecule has 5 nitrogen and oxygen atoms in total. The lowest BCUT2D eigenvalue weighted by atomic mass is 10.2. The van der Waals surface area contributed by atoms with Gasteiger partial charge in [0.1, 0.15) is 5.69 Å². The van der Waals surface area contributed by atoms with Gasteiger partial charge in [-0.15, -0.1) is 11.3 Å². The number of carbonyl (C=O) groups excluding carboxylic acids is 1. The lowest BCUT2D eigenvalue weighted by molar-refractivity contribution is 0.342. The molecule has 0 unspecified atom stereocenters. The van der Waals surface area contributed by atoms with Crippen LogP contribution in [0.2, 0.25) is 0 Å². The first-order chi connectivity index (χ1) is 8.69. The maximum absolute atomic E-state index is 10.8. The van der Waals surface area contributed by atoms with Crippen LogP contribution < -0.4 is 10.6 Å². The van der Waals surface area contributed by atoms with Crippen LogP contribution in [0.3, 0.4) is 0 Å². The van der Waals surface area contributed by atoms with E-state index in [2.05, 4.69) is 10.1 Å². The zero-order valence-corrected chi connectivity index (χ0v) is 10.4. The minimum Gasteiger partial charge on any atom is -0.375 e. The number of nitrogen functional groups attached to an aromatic ring is 1. The molecular formula is C12H10N3O2S. The van der Waals surface area contributed by atoms with E-state index in [9.17, 15) is 4.79 Å². The molecule has 1 aromatic carbocycles. The Hall–Kier alpha value is -2.21. The number of aryl methyl sites for hydroxylation is 1. The Labute approximate surface area is 108 Å². The van der Waals surface area contributed by atoms with Crippen LogP contribution in [0.15, 0.2) is 34.8 Å². The maximum atomic E-state index is 10.8. The first-order valence-corrected chi connectivity index (χ1v) is 5.98. The van der Waals surface area contributed by atoms with Gasteiger partial charge in [-0.3, -0.25) is 4.79 Å². The minimum absolute atomic E-state index is 0.0106. The zero-order chi connectivity index (χ0) is 13.0. The first kappa shape index (κ1) is 12.3. The van der Waals surface area contributed by atoms with Gasteiger partial charge in [0.15, 0.2) is 16.6 Å². The number of benzene rings is 1. The van der Waals surface area contributed by atoms with Crippen molar-refractivity contribution in [1.82, 2.24) is 4.98 Å². The van der Waals surface area contributed by atoms with Crippen molar-refractivity contribution in [3.05, 3.63) is 40.9 Å². The normalized spacial score (nSPS) is 11.3. The van der Waals surface area contributed by atoms with E-state index in [0.717, 1.165) is 5.56 Å². The van der Waals surface area contributed by atoms with E-state index in [1.165, 1.54) is 11.3 Å². The van der Waals surface area contributed by atoms with Crippen LogP contribution in [-0.4, -0.2) is 17.0 Å². The molecule has 0 aliphatic rings. The third kappa shape index (κ3) is 2.92. The van der Waals surface area contributed by atoms with Crippen molar-refractivity contribution in [3.8, 4) is 5.75 Å². The van der Waals surface area contributed by atoms with Gasteiger partial charge in [-0.05, 0) is 19.1 Å². The zero-order valence-electron chi connectivity index (χ0n) is 9.58. The second-order valence-corrected chi connectivity index (χ2v) is 4.41. The SMILES string of the molecule is Cc1ccc(O/N=C(\[C]=O)c2csc(N)n2)cc1. The second kappa shape index (κ2) is 5.42. The van der Waals surface area contributed by atoms with Gasteiger partial charge in [-0.25, -0.2) is 4.98 Å². The Morgan fingerprint density at radius 3 is 2.72 bits per heavy atom. The molecular weight excluding hydrogens is 250 g/mol. The summed E-state index contributed by atoms with van der Waals surface area (Å²) >= 11 is 1.22. The predicted octanol–water partition coefficient (Wildman–Crippen LogP) is 1.93. The number of thiazole rings is 1. The predicted molar refractivity (Wildman–Crippen MR) is 70.6 cm³/mol. The quantitative estimate of drug-likeness (QED) is 0.673. The van der Waals surface area contributed by atoms with Crippen LogP contribution >= 0.6 is 11.3 Å². The Morgan fingerprint density at radius 2 is 2.17 bits per heavy atom. The average Bonchev–Trinajstić information content (AvgIpc) is 2.79.